The van der Waals surface area contributed by atoms with Crippen molar-refractivity contribution in [2.45, 2.75) is 13.8 Å². The molecule has 1 aromatic rings. The molecule has 0 atom stereocenters. The Balaban J connectivity index is 0.000000292. The van der Waals surface area contributed by atoms with E-state index in [1.54, 1.807) is 0 Å². The van der Waals surface area contributed by atoms with Crippen LogP contribution in [0.1, 0.15) is 11.1 Å². The van der Waals surface area contributed by atoms with E-state index in [1.807, 2.05) is 0 Å². The molecule has 0 N–H and O–H groups in total. The van der Waals surface area contributed by atoms with Gasteiger partial charge in [-0.1, -0.05) is 17.7 Å². The SMILES string of the molecule is Cc1ccc(I)c(C)c1.O=S(=O)(Cl)Cl. The third-order valence-electron chi connectivity index (χ3n) is 1.31. The first kappa shape index (κ1) is 14.5. The molecule has 0 saturated carbocycles. The molecule has 0 unspecified atom stereocenters. The molecule has 14 heavy (non-hydrogen) atoms. The summed E-state index contributed by atoms with van der Waals surface area (Å²) < 4.78 is 19.7. The van der Waals surface area contributed by atoms with Crippen molar-refractivity contribution in [1.82, 2.24) is 0 Å². The van der Waals surface area contributed by atoms with Gasteiger partial charge in [0.25, 0.3) is 0 Å². The summed E-state index contributed by atoms with van der Waals surface area (Å²) in [5, 5.41) is 0. The number of hydrogen-bond donors (Lipinski definition) is 0. The molecule has 1 rings (SSSR count). The van der Waals surface area contributed by atoms with Crippen LogP contribution in [0.5, 0.6) is 0 Å². The van der Waals surface area contributed by atoms with Crippen molar-refractivity contribution in [3.8, 4) is 0 Å². The standard InChI is InChI=1S/C8H9I.Cl2O2S/c1-6-3-4-8(9)7(2)5-6;1-5(2,3)4/h3-5H,1-2H3;. The molecular weight excluding hydrogens is 358 g/mol. The van der Waals surface area contributed by atoms with Crippen molar-refractivity contribution in [1.29, 1.82) is 0 Å². The number of benzene rings is 1. The average Bonchev–Trinajstić information content (AvgIpc) is 1.94. The maximum absolute atomic E-state index is 9.16. The Kier molecular flexibility index (Phi) is 6.36. The van der Waals surface area contributed by atoms with Crippen LogP contribution in [0.15, 0.2) is 18.2 Å². The molecule has 0 aliphatic carbocycles. The normalized spacial score (nSPS) is 10.4. The fraction of sp³-hybridized carbons (Fsp3) is 0.250. The van der Waals surface area contributed by atoms with Gasteiger partial charge in [-0.15, -0.1) is 0 Å². The molecule has 0 spiro atoms. The lowest BCUT2D eigenvalue weighted by Crippen LogP contribution is -1.79. The van der Waals surface area contributed by atoms with Crippen LogP contribution >= 0.6 is 44.0 Å². The minimum atomic E-state index is -3.72. The second-order valence-electron chi connectivity index (χ2n) is 2.63. The third kappa shape index (κ3) is 9.05. The van der Waals surface area contributed by atoms with E-state index in [0.717, 1.165) is 0 Å². The molecule has 0 radical (unpaired) electrons. The van der Waals surface area contributed by atoms with Gasteiger partial charge in [-0.3, -0.25) is 0 Å². The third-order valence-corrected chi connectivity index (χ3v) is 2.52. The molecule has 0 aromatic heterocycles. The molecule has 2 nitrogen and oxygen atoms in total. The molecule has 1 aromatic carbocycles. The minimum absolute atomic E-state index is 1.34. The van der Waals surface area contributed by atoms with Gasteiger partial charge in [-0.05, 0) is 48.1 Å². The Bertz CT molecular complexity index is 396. The molecular formula is C8H9Cl2IO2S. The highest BCUT2D eigenvalue weighted by molar-refractivity contribution is 14.1. The molecule has 0 heterocycles. The van der Waals surface area contributed by atoms with Crippen molar-refractivity contribution >= 4 is 52.2 Å². The van der Waals surface area contributed by atoms with E-state index in [9.17, 15) is 0 Å². The monoisotopic (exact) mass is 366 g/mol. The van der Waals surface area contributed by atoms with E-state index >= 15 is 0 Å². The van der Waals surface area contributed by atoms with Crippen molar-refractivity contribution in [3.05, 3.63) is 32.9 Å². The Morgan fingerprint density at radius 1 is 1.21 bits per heavy atom. The number of hydrogen-bond acceptors (Lipinski definition) is 2. The van der Waals surface area contributed by atoms with Gasteiger partial charge in [0.2, 0.25) is 0 Å². The van der Waals surface area contributed by atoms with Crippen molar-refractivity contribution in [2.24, 2.45) is 0 Å². The lowest BCUT2D eigenvalue weighted by Gasteiger charge is -1.96. The Hall–Kier alpha value is 0.480. The van der Waals surface area contributed by atoms with E-state index in [2.05, 4.69) is 76.0 Å². The van der Waals surface area contributed by atoms with Crippen LogP contribution in [-0.4, -0.2) is 8.42 Å². The van der Waals surface area contributed by atoms with E-state index in [-0.39, 0.29) is 0 Å². The van der Waals surface area contributed by atoms with Gasteiger partial charge >= 0.3 is 8.26 Å². The Morgan fingerprint density at radius 2 is 1.64 bits per heavy atom. The molecule has 0 fully saturated rings. The summed E-state index contributed by atoms with van der Waals surface area (Å²) in [6, 6.07) is 6.47. The molecule has 0 aliphatic rings. The second-order valence-corrected chi connectivity index (χ2v) is 7.46. The average molecular weight is 367 g/mol. The largest absolute Gasteiger partial charge is 0.317 e. The van der Waals surface area contributed by atoms with Crippen LogP contribution in [0.2, 0.25) is 0 Å². The van der Waals surface area contributed by atoms with Gasteiger partial charge in [0.1, 0.15) is 0 Å². The lowest BCUT2D eigenvalue weighted by molar-refractivity contribution is 0.621. The van der Waals surface area contributed by atoms with Crippen molar-refractivity contribution in [3.63, 3.8) is 0 Å². The van der Waals surface area contributed by atoms with Crippen LogP contribution in [0, 0.1) is 17.4 Å². The van der Waals surface area contributed by atoms with E-state index < -0.39 is 8.26 Å². The first-order valence-corrected chi connectivity index (χ1v) is 7.78. The first-order valence-electron chi connectivity index (χ1n) is 3.57. The quantitative estimate of drug-likeness (QED) is 0.519. The molecule has 0 aliphatic heterocycles. The van der Waals surface area contributed by atoms with Crippen LogP contribution < -0.4 is 0 Å². The van der Waals surface area contributed by atoms with Crippen LogP contribution in [0.4, 0.5) is 0 Å². The predicted molar refractivity (Wildman–Crippen MR) is 69.3 cm³/mol. The van der Waals surface area contributed by atoms with Gasteiger partial charge in [-0.2, -0.15) is 8.42 Å². The first-order chi connectivity index (χ1) is 6.20. The van der Waals surface area contributed by atoms with Crippen LogP contribution in [0.25, 0.3) is 0 Å². The summed E-state index contributed by atoms with van der Waals surface area (Å²) >= 11 is 2.34. The number of aryl methyl sites for hydroxylation is 2. The van der Waals surface area contributed by atoms with Crippen molar-refractivity contribution < 1.29 is 8.42 Å². The summed E-state index contributed by atoms with van der Waals surface area (Å²) in [5.74, 6) is 0. The maximum atomic E-state index is 9.16. The molecule has 80 valence electrons. The Labute approximate surface area is 107 Å². The van der Waals surface area contributed by atoms with Crippen molar-refractivity contribution in [2.75, 3.05) is 0 Å². The number of rotatable bonds is 0. The molecule has 6 heteroatoms. The maximum Gasteiger partial charge on any atom is 0.317 e. The van der Waals surface area contributed by atoms with Crippen LogP contribution in [0.3, 0.4) is 0 Å². The van der Waals surface area contributed by atoms with Gasteiger partial charge in [0, 0.05) is 24.9 Å². The fourth-order valence-electron chi connectivity index (χ4n) is 0.795. The molecule has 0 amide bonds. The second kappa shape index (κ2) is 6.15. The zero-order chi connectivity index (χ0) is 11.4. The highest BCUT2D eigenvalue weighted by Crippen LogP contribution is 2.11. The number of halogens is 3. The smallest absolute Gasteiger partial charge is 0.195 e. The highest BCUT2D eigenvalue weighted by atomic mass is 127. The van der Waals surface area contributed by atoms with Crippen LogP contribution in [-0.2, 0) is 8.26 Å². The van der Waals surface area contributed by atoms with Gasteiger partial charge in [-0.25, -0.2) is 0 Å². The van der Waals surface area contributed by atoms with E-state index in [1.165, 1.54) is 14.7 Å². The van der Waals surface area contributed by atoms with E-state index in [4.69, 9.17) is 8.42 Å². The topological polar surface area (TPSA) is 34.1 Å². The summed E-state index contributed by atoms with van der Waals surface area (Å²) in [5.41, 5.74) is 2.71. The highest BCUT2D eigenvalue weighted by Gasteiger charge is 1.90. The molecule has 0 bridgehead atoms. The molecule has 0 saturated heterocycles. The summed E-state index contributed by atoms with van der Waals surface area (Å²) in [4.78, 5) is 0. The lowest BCUT2D eigenvalue weighted by atomic mass is 10.2. The zero-order valence-corrected chi connectivity index (χ0v) is 12.1. The van der Waals surface area contributed by atoms with E-state index in [0.29, 0.717) is 0 Å². The predicted octanol–water partition coefficient (Wildman–Crippen LogP) is 3.62. The minimum Gasteiger partial charge on any atom is -0.195 e. The van der Waals surface area contributed by atoms with Gasteiger partial charge < -0.3 is 0 Å². The summed E-state index contributed by atoms with van der Waals surface area (Å²) in [6.45, 7) is 4.25. The fourth-order valence-corrected chi connectivity index (χ4v) is 1.13. The van der Waals surface area contributed by atoms with Gasteiger partial charge in [0.15, 0.2) is 0 Å². The summed E-state index contributed by atoms with van der Waals surface area (Å²) in [7, 11) is 4.81. The van der Waals surface area contributed by atoms with Gasteiger partial charge in [0.05, 0.1) is 0 Å². The Morgan fingerprint density at radius 3 is 1.93 bits per heavy atom. The zero-order valence-electron chi connectivity index (χ0n) is 7.59. The summed E-state index contributed by atoms with van der Waals surface area (Å²) in [6.07, 6.45) is 0.